The van der Waals surface area contributed by atoms with Crippen LogP contribution in [0.3, 0.4) is 0 Å². The van der Waals surface area contributed by atoms with Gasteiger partial charge < -0.3 is 10.2 Å². The molecule has 2 atom stereocenters. The van der Waals surface area contributed by atoms with Gasteiger partial charge in [-0.2, -0.15) is 0 Å². The maximum atomic E-state index is 11.7. The van der Waals surface area contributed by atoms with Crippen molar-refractivity contribution in [1.82, 2.24) is 10.2 Å². The molecule has 1 rings (SSSR count). The molecule has 2 amide bonds. The number of amides is 2. The summed E-state index contributed by atoms with van der Waals surface area (Å²) in [5.41, 5.74) is -0.123. The zero-order chi connectivity index (χ0) is 10.9. The van der Waals surface area contributed by atoms with Crippen LogP contribution >= 0.6 is 0 Å². The predicted octanol–water partition coefficient (Wildman–Crippen LogP) is 2.14. The second-order valence-corrected chi connectivity index (χ2v) is 4.73. The van der Waals surface area contributed by atoms with Gasteiger partial charge in [-0.3, -0.25) is 0 Å². The van der Waals surface area contributed by atoms with Gasteiger partial charge in [0.1, 0.15) is 0 Å². The van der Waals surface area contributed by atoms with Gasteiger partial charge in [0.15, 0.2) is 0 Å². The van der Waals surface area contributed by atoms with Crippen LogP contribution in [-0.2, 0) is 0 Å². The largest absolute Gasteiger partial charge is 0.330 e. The van der Waals surface area contributed by atoms with Gasteiger partial charge in [-0.15, -0.1) is 6.58 Å². The van der Waals surface area contributed by atoms with E-state index < -0.39 is 0 Å². The van der Waals surface area contributed by atoms with Crippen LogP contribution in [0.4, 0.5) is 4.79 Å². The SMILES string of the molecule is C=C[C@H]1NC(=O)N(C(C)(C)C)[C@@H]1CC. The van der Waals surface area contributed by atoms with E-state index in [2.05, 4.69) is 39.6 Å². The molecule has 1 N–H and O–H groups in total. The molecule has 0 aliphatic carbocycles. The lowest BCUT2D eigenvalue weighted by molar-refractivity contribution is 0.135. The maximum Gasteiger partial charge on any atom is 0.318 e. The number of carbonyl (C=O) groups is 1. The number of carbonyl (C=O) groups excluding carboxylic acids is 1. The number of rotatable bonds is 2. The lowest BCUT2D eigenvalue weighted by Gasteiger charge is -2.36. The highest BCUT2D eigenvalue weighted by molar-refractivity contribution is 5.79. The standard InChI is InChI=1S/C11H20N2O/c1-6-8-9(7-2)13(10(14)12-8)11(3,4)5/h6,8-9H,1,7H2,2-5H3,(H,12,14)/t8-,9-/m1/s1. The molecule has 0 aromatic heterocycles. The molecule has 3 heteroatoms. The van der Waals surface area contributed by atoms with Crippen LogP contribution in [0.1, 0.15) is 34.1 Å². The minimum absolute atomic E-state index is 0.0225. The molecule has 0 radical (unpaired) electrons. The van der Waals surface area contributed by atoms with Gasteiger partial charge in [-0.05, 0) is 27.2 Å². The van der Waals surface area contributed by atoms with E-state index >= 15 is 0 Å². The molecule has 0 bridgehead atoms. The van der Waals surface area contributed by atoms with Crippen molar-refractivity contribution in [2.45, 2.75) is 51.7 Å². The average molecular weight is 196 g/mol. The molecular formula is C11H20N2O. The first kappa shape index (κ1) is 11.1. The summed E-state index contributed by atoms with van der Waals surface area (Å²) in [6, 6.07) is 0.348. The summed E-state index contributed by atoms with van der Waals surface area (Å²) >= 11 is 0. The third-order valence-electron chi connectivity index (χ3n) is 2.65. The van der Waals surface area contributed by atoms with E-state index in [1.165, 1.54) is 0 Å². The molecule has 0 spiro atoms. The van der Waals surface area contributed by atoms with Crippen LogP contribution in [0.2, 0.25) is 0 Å². The van der Waals surface area contributed by atoms with E-state index in [-0.39, 0.29) is 23.7 Å². The van der Waals surface area contributed by atoms with Crippen molar-refractivity contribution in [3.63, 3.8) is 0 Å². The molecule has 1 heterocycles. The molecule has 1 saturated heterocycles. The van der Waals surface area contributed by atoms with Crippen LogP contribution in [0.15, 0.2) is 12.7 Å². The molecule has 14 heavy (non-hydrogen) atoms. The first-order valence-corrected chi connectivity index (χ1v) is 5.14. The number of hydrogen-bond acceptors (Lipinski definition) is 1. The Kier molecular flexibility index (Phi) is 2.88. The number of urea groups is 1. The first-order chi connectivity index (χ1) is 6.41. The summed E-state index contributed by atoms with van der Waals surface area (Å²) in [6.45, 7) is 12.0. The third-order valence-corrected chi connectivity index (χ3v) is 2.65. The van der Waals surface area contributed by atoms with E-state index in [1.54, 1.807) is 0 Å². The average Bonchev–Trinajstić information content (AvgIpc) is 2.40. The summed E-state index contributed by atoms with van der Waals surface area (Å²) in [4.78, 5) is 13.6. The van der Waals surface area contributed by atoms with Crippen LogP contribution in [0.25, 0.3) is 0 Å². The quantitative estimate of drug-likeness (QED) is 0.674. The lowest BCUT2D eigenvalue weighted by atomic mass is 9.99. The third kappa shape index (κ3) is 1.76. The Labute approximate surface area is 86.2 Å². The first-order valence-electron chi connectivity index (χ1n) is 5.14. The fraction of sp³-hybridized carbons (Fsp3) is 0.727. The predicted molar refractivity (Wildman–Crippen MR) is 58.2 cm³/mol. The minimum Gasteiger partial charge on any atom is -0.330 e. The maximum absolute atomic E-state index is 11.7. The molecule has 80 valence electrons. The molecule has 1 fully saturated rings. The van der Waals surface area contributed by atoms with Crippen LogP contribution in [-0.4, -0.2) is 28.6 Å². The molecular weight excluding hydrogens is 176 g/mol. The van der Waals surface area contributed by atoms with Crippen molar-refractivity contribution in [2.24, 2.45) is 0 Å². The summed E-state index contributed by atoms with van der Waals surface area (Å²) in [5, 5.41) is 2.93. The Bertz CT molecular complexity index is 242. The summed E-state index contributed by atoms with van der Waals surface area (Å²) < 4.78 is 0. The summed E-state index contributed by atoms with van der Waals surface area (Å²) in [7, 11) is 0. The zero-order valence-corrected chi connectivity index (χ0v) is 9.50. The van der Waals surface area contributed by atoms with Crippen molar-refractivity contribution in [2.75, 3.05) is 0 Å². The number of nitrogens with one attached hydrogen (secondary N) is 1. The van der Waals surface area contributed by atoms with Crippen molar-refractivity contribution in [3.8, 4) is 0 Å². The zero-order valence-electron chi connectivity index (χ0n) is 9.50. The van der Waals surface area contributed by atoms with Gasteiger partial charge >= 0.3 is 6.03 Å². The van der Waals surface area contributed by atoms with E-state index in [0.29, 0.717) is 0 Å². The highest BCUT2D eigenvalue weighted by Gasteiger charge is 2.42. The van der Waals surface area contributed by atoms with Gasteiger partial charge in [0.05, 0.1) is 12.1 Å². The van der Waals surface area contributed by atoms with E-state index in [4.69, 9.17) is 0 Å². The van der Waals surface area contributed by atoms with Gasteiger partial charge in [-0.1, -0.05) is 13.0 Å². The van der Waals surface area contributed by atoms with E-state index in [9.17, 15) is 4.79 Å². The van der Waals surface area contributed by atoms with Crippen molar-refractivity contribution in [3.05, 3.63) is 12.7 Å². The van der Waals surface area contributed by atoms with Crippen LogP contribution in [0.5, 0.6) is 0 Å². The van der Waals surface area contributed by atoms with Gasteiger partial charge in [0.25, 0.3) is 0 Å². The molecule has 3 nitrogen and oxygen atoms in total. The topological polar surface area (TPSA) is 32.3 Å². The van der Waals surface area contributed by atoms with Crippen LogP contribution in [0, 0.1) is 0 Å². The Morgan fingerprint density at radius 1 is 1.57 bits per heavy atom. The van der Waals surface area contributed by atoms with Crippen molar-refractivity contribution in [1.29, 1.82) is 0 Å². The normalized spacial score (nSPS) is 27.7. The Morgan fingerprint density at radius 2 is 2.14 bits per heavy atom. The summed E-state index contributed by atoms with van der Waals surface area (Å²) in [6.07, 6.45) is 2.77. The molecule has 0 aromatic carbocycles. The van der Waals surface area contributed by atoms with Gasteiger partial charge in [0, 0.05) is 5.54 Å². The minimum atomic E-state index is -0.123. The van der Waals surface area contributed by atoms with Crippen molar-refractivity contribution >= 4 is 6.03 Å². The fourth-order valence-corrected chi connectivity index (χ4v) is 2.07. The van der Waals surface area contributed by atoms with E-state index in [0.717, 1.165) is 6.42 Å². The van der Waals surface area contributed by atoms with E-state index in [1.807, 2.05) is 11.0 Å². The molecule has 1 aliphatic heterocycles. The Hall–Kier alpha value is -0.990. The highest BCUT2D eigenvalue weighted by Crippen LogP contribution is 2.26. The number of nitrogens with zero attached hydrogens (tertiary/aromatic N) is 1. The number of hydrogen-bond donors (Lipinski definition) is 1. The Morgan fingerprint density at radius 3 is 2.50 bits per heavy atom. The van der Waals surface area contributed by atoms with Crippen LogP contribution < -0.4 is 5.32 Å². The molecule has 1 aliphatic rings. The highest BCUT2D eigenvalue weighted by atomic mass is 16.2. The Balaban J connectivity index is 2.93. The van der Waals surface area contributed by atoms with Gasteiger partial charge in [-0.25, -0.2) is 4.79 Å². The van der Waals surface area contributed by atoms with Crippen molar-refractivity contribution < 1.29 is 4.79 Å². The molecule has 0 saturated carbocycles. The summed E-state index contributed by atoms with van der Waals surface area (Å²) in [5.74, 6) is 0. The van der Waals surface area contributed by atoms with Gasteiger partial charge in [0.2, 0.25) is 0 Å². The smallest absolute Gasteiger partial charge is 0.318 e. The lowest BCUT2D eigenvalue weighted by Crippen LogP contribution is -2.48. The monoisotopic (exact) mass is 196 g/mol. The second-order valence-electron chi connectivity index (χ2n) is 4.73. The second kappa shape index (κ2) is 3.64. The molecule has 0 aromatic rings. The molecule has 0 unspecified atom stereocenters. The fourth-order valence-electron chi connectivity index (χ4n) is 2.07.